The highest BCUT2D eigenvalue weighted by Crippen LogP contribution is 2.08. The zero-order valence-corrected chi connectivity index (χ0v) is 10.7. The number of sulfonamides is 1. The smallest absolute Gasteiger partial charge is 0.216 e. The summed E-state index contributed by atoms with van der Waals surface area (Å²) >= 11 is 0. The lowest BCUT2D eigenvalue weighted by Gasteiger charge is -2.05. The molecular formula is C11H11N5O2S. The molecule has 98 valence electrons. The average molecular weight is 277 g/mol. The fourth-order valence-corrected chi connectivity index (χ4v) is 2.57. The molecule has 0 unspecified atom stereocenters. The first-order chi connectivity index (χ1) is 9.09. The minimum atomic E-state index is -3.48. The molecule has 0 spiro atoms. The largest absolute Gasteiger partial charge is 0.262 e. The van der Waals surface area contributed by atoms with Crippen LogP contribution in [0.1, 0.15) is 17.0 Å². The van der Waals surface area contributed by atoms with Crippen molar-refractivity contribution < 1.29 is 8.42 Å². The van der Waals surface area contributed by atoms with Crippen LogP contribution >= 0.6 is 0 Å². The van der Waals surface area contributed by atoms with Gasteiger partial charge in [0.1, 0.15) is 12.2 Å². The van der Waals surface area contributed by atoms with E-state index in [0.717, 1.165) is 0 Å². The second kappa shape index (κ2) is 5.60. The molecule has 0 fully saturated rings. The second-order valence-electron chi connectivity index (χ2n) is 3.82. The number of rotatable bonds is 5. The molecule has 0 amide bonds. The minimum absolute atomic E-state index is 0.0558. The number of nitriles is 1. The lowest BCUT2D eigenvalue weighted by molar-refractivity contribution is 0.578. The third kappa shape index (κ3) is 3.87. The highest BCUT2D eigenvalue weighted by Gasteiger charge is 2.12. The summed E-state index contributed by atoms with van der Waals surface area (Å²) in [5.41, 5.74) is 0.993. The first kappa shape index (κ1) is 13.2. The van der Waals surface area contributed by atoms with E-state index < -0.39 is 10.0 Å². The first-order valence-corrected chi connectivity index (χ1v) is 7.05. The van der Waals surface area contributed by atoms with Crippen LogP contribution in [-0.4, -0.2) is 23.6 Å². The van der Waals surface area contributed by atoms with Gasteiger partial charge in [-0.05, 0) is 17.7 Å². The first-order valence-electron chi connectivity index (χ1n) is 5.40. The molecule has 2 rings (SSSR count). The van der Waals surface area contributed by atoms with Crippen LogP contribution in [0.4, 0.5) is 0 Å². The van der Waals surface area contributed by atoms with Gasteiger partial charge in [-0.15, -0.1) is 0 Å². The molecule has 0 saturated carbocycles. The summed E-state index contributed by atoms with van der Waals surface area (Å²) in [6, 6.07) is 8.46. The van der Waals surface area contributed by atoms with E-state index in [4.69, 9.17) is 5.26 Å². The Balaban J connectivity index is 2.02. The Hall–Kier alpha value is -2.24. The molecule has 0 bridgehead atoms. The SMILES string of the molecule is N#Cc1cccc(CS(=O)(=O)NCc2ncn[nH]2)c1. The number of hydrogen-bond donors (Lipinski definition) is 2. The molecule has 0 aliphatic rings. The fraction of sp³-hybridized carbons (Fsp3) is 0.182. The third-order valence-electron chi connectivity index (χ3n) is 2.34. The average Bonchev–Trinajstić information content (AvgIpc) is 2.89. The minimum Gasteiger partial charge on any atom is -0.262 e. The van der Waals surface area contributed by atoms with E-state index >= 15 is 0 Å². The molecule has 8 heteroatoms. The number of aromatic amines is 1. The van der Waals surface area contributed by atoms with Crippen molar-refractivity contribution in [2.75, 3.05) is 0 Å². The molecule has 0 radical (unpaired) electrons. The number of nitrogens with one attached hydrogen (secondary N) is 2. The van der Waals surface area contributed by atoms with Crippen molar-refractivity contribution in [2.24, 2.45) is 0 Å². The van der Waals surface area contributed by atoms with Crippen molar-refractivity contribution in [3.05, 3.63) is 47.5 Å². The van der Waals surface area contributed by atoms with Crippen molar-refractivity contribution in [2.45, 2.75) is 12.3 Å². The van der Waals surface area contributed by atoms with Crippen molar-refractivity contribution in [3.63, 3.8) is 0 Å². The Bertz CT molecular complexity index is 688. The van der Waals surface area contributed by atoms with Crippen LogP contribution in [-0.2, 0) is 22.3 Å². The van der Waals surface area contributed by atoms with Gasteiger partial charge in [0.05, 0.1) is 23.9 Å². The zero-order valence-electron chi connectivity index (χ0n) is 9.87. The van der Waals surface area contributed by atoms with Gasteiger partial charge in [-0.1, -0.05) is 12.1 Å². The number of aromatic nitrogens is 3. The van der Waals surface area contributed by atoms with Gasteiger partial charge in [0, 0.05) is 0 Å². The number of H-pyrrole nitrogens is 1. The van der Waals surface area contributed by atoms with Crippen molar-refractivity contribution in [1.82, 2.24) is 19.9 Å². The second-order valence-corrected chi connectivity index (χ2v) is 5.63. The van der Waals surface area contributed by atoms with Crippen LogP contribution in [0.3, 0.4) is 0 Å². The Kier molecular flexibility index (Phi) is 3.89. The van der Waals surface area contributed by atoms with Gasteiger partial charge in [-0.2, -0.15) is 10.4 Å². The molecule has 0 saturated heterocycles. The van der Waals surface area contributed by atoms with Crippen LogP contribution in [0.25, 0.3) is 0 Å². The molecule has 1 aromatic heterocycles. The number of benzene rings is 1. The predicted octanol–water partition coefficient (Wildman–Crippen LogP) is 0.296. The van der Waals surface area contributed by atoms with E-state index in [2.05, 4.69) is 19.9 Å². The Morgan fingerprint density at radius 3 is 2.95 bits per heavy atom. The molecule has 19 heavy (non-hydrogen) atoms. The van der Waals surface area contributed by atoms with Crippen LogP contribution < -0.4 is 4.72 Å². The number of nitrogens with zero attached hydrogens (tertiary/aromatic N) is 3. The van der Waals surface area contributed by atoms with Gasteiger partial charge in [0.25, 0.3) is 0 Å². The summed E-state index contributed by atoms with van der Waals surface area (Å²) < 4.78 is 26.1. The quantitative estimate of drug-likeness (QED) is 0.816. The van der Waals surface area contributed by atoms with Crippen LogP contribution in [0.15, 0.2) is 30.6 Å². The van der Waals surface area contributed by atoms with Gasteiger partial charge in [0.15, 0.2) is 0 Å². The van der Waals surface area contributed by atoms with Gasteiger partial charge in [0.2, 0.25) is 10.0 Å². The van der Waals surface area contributed by atoms with Gasteiger partial charge in [-0.25, -0.2) is 18.1 Å². The molecule has 0 aliphatic heterocycles. The van der Waals surface area contributed by atoms with E-state index in [-0.39, 0.29) is 12.3 Å². The van der Waals surface area contributed by atoms with E-state index in [1.54, 1.807) is 24.3 Å². The Morgan fingerprint density at radius 2 is 2.26 bits per heavy atom. The van der Waals surface area contributed by atoms with Crippen molar-refractivity contribution >= 4 is 10.0 Å². The van der Waals surface area contributed by atoms with E-state index in [1.165, 1.54) is 6.33 Å². The van der Waals surface area contributed by atoms with Crippen molar-refractivity contribution in [1.29, 1.82) is 5.26 Å². The summed E-state index contributed by atoms with van der Waals surface area (Å²) in [6.07, 6.45) is 1.31. The lowest BCUT2D eigenvalue weighted by Crippen LogP contribution is -2.25. The molecule has 1 aromatic carbocycles. The maximum absolute atomic E-state index is 11.8. The van der Waals surface area contributed by atoms with E-state index in [1.807, 2.05) is 6.07 Å². The molecular weight excluding hydrogens is 266 g/mol. The van der Waals surface area contributed by atoms with E-state index in [9.17, 15) is 8.42 Å². The molecule has 2 N–H and O–H groups in total. The molecule has 0 atom stereocenters. The highest BCUT2D eigenvalue weighted by atomic mass is 32.2. The van der Waals surface area contributed by atoms with E-state index in [0.29, 0.717) is 17.0 Å². The van der Waals surface area contributed by atoms with Crippen LogP contribution in [0.2, 0.25) is 0 Å². The van der Waals surface area contributed by atoms with Gasteiger partial charge >= 0.3 is 0 Å². The molecule has 0 aliphatic carbocycles. The van der Waals surface area contributed by atoms with Gasteiger partial charge < -0.3 is 0 Å². The molecule has 1 heterocycles. The fourth-order valence-electron chi connectivity index (χ4n) is 1.50. The topological polar surface area (TPSA) is 112 Å². The Morgan fingerprint density at radius 1 is 1.42 bits per heavy atom. The number of hydrogen-bond acceptors (Lipinski definition) is 5. The monoisotopic (exact) mass is 277 g/mol. The normalized spacial score (nSPS) is 11.1. The van der Waals surface area contributed by atoms with Gasteiger partial charge in [-0.3, -0.25) is 5.10 Å². The Labute approximate surface area is 110 Å². The molecule has 7 nitrogen and oxygen atoms in total. The van der Waals surface area contributed by atoms with Crippen LogP contribution in [0.5, 0.6) is 0 Å². The zero-order chi connectivity index (χ0) is 13.7. The van der Waals surface area contributed by atoms with Crippen molar-refractivity contribution in [3.8, 4) is 6.07 Å². The third-order valence-corrected chi connectivity index (χ3v) is 3.63. The summed E-state index contributed by atoms with van der Waals surface area (Å²) in [4.78, 5) is 3.82. The summed E-state index contributed by atoms with van der Waals surface area (Å²) in [6.45, 7) is 0.0558. The standard InChI is InChI=1S/C11H11N5O2S/c12-5-9-2-1-3-10(4-9)7-19(17,18)15-6-11-13-8-14-16-11/h1-4,8,15H,6-7H2,(H,13,14,16). The highest BCUT2D eigenvalue weighted by molar-refractivity contribution is 7.88. The lowest BCUT2D eigenvalue weighted by atomic mass is 10.2. The van der Waals surface area contributed by atoms with Crippen LogP contribution in [0, 0.1) is 11.3 Å². The molecule has 2 aromatic rings. The maximum Gasteiger partial charge on any atom is 0.216 e. The summed E-state index contributed by atoms with van der Waals surface area (Å²) in [5.74, 6) is 0.255. The maximum atomic E-state index is 11.8. The summed E-state index contributed by atoms with van der Waals surface area (Å²) in [5, 5.41) is 14.9. The predicted molar refractivity (Wildman–Crippen MR) is 67.0 cm³/mol. The summed E-state index contributed by atoms with van der Waals surface area (Å²) in [7, 11) is -3.48.